The lowest BCUT2D eigenvalue weighted by Crippen LogP contribution is -2.06. The number of methoxy groups -OCH3 is 1. The molecule has 2 atom stereocenters. The number of allylic oxidation sites excluding steroid dienone is 2. The average molecular weight is 403 g/mol. The molecule has 0 aliphatic rings. The summed E-state index contributed by atoms with van der Waals surface area (Å²) in [4.78, 5) is 10.3. The van der Waals surface area contributed by atoms with E-state index >= 15 is 0 Å². The molecule has 5 heteroatoms. The van der Waals surface area contributed by atoms with Crippen molar-refractivity contribution >= 4 is 6.47 Å². The molecular formula is C24H34O5. The summed E-state index contributed by atoms with van der Waals surface area (Å²) >= 11 is 0. The number of hydrogen-bond donors (Lipinski definition) is 1. The van der Waals surface area contributed by atoms with Crippen molar-refractivity contribution in [3.05, 3.63) is 59.7 Å². The highest BCUT2D eigenvalue weighted by molar-refractivity contribution is 5.50. The maximum atomic E-state index is 10.5. The quantitative estimate of drug-likeness (QED) is 0.288. The highest BCUT2D eigenvalue weighted by atomic mass is 16.5. The van der Waals surface area contributed by atoms with Gasteiger partial charge in [0.15, 0.2) is 0 Å². The fourth-order valence-electron chi connectivity index (χ4n) is 3.06. The maximum absolute atomic E-state index is 10.5. The minimum Gasteiger partial charge on any atom is -0.496 e. The predicted molar refractivity (Wildman–Crippen MR) is 116 cm³/mol. The first-order valence-electron chi connectivity index (χ1n) is 9.85. The van der Waals surface area contributed by atoms with E-state index in [1.807, 2.05) is 44.2 Å². The van der Waals surface area contributed by atoms with Crippen molar-refractivity contribution in [2.45, 2.75) is 40.2 Å². The Morgan fingerprint density at radius 1 is 1.31 bits per heavy atom. The van der Waals surface area contributed by atoms with Crippen LogP contribution in [-0.2, 0) is 9.53 Å². The number of rotatable bonds is 13. The highest BCUT2D eigenvalue weighted by Gasteiger charge is 2.18. The number of carbonyl (C=O) groups is 1. The predicted octanol–water partition coefficient (Wildman–Crippen LogP) is 4.94. The first kappa shape index (κ1) is 24.5. The molecule has 1 aromatic rings. The molecule has 0 aromatic heterocycles. The topological polar surface area (TPSA) is 65.0 Å². The summed E-state index contributed by atoms with van der Waals surface area (Å²) in [5.74, 6) is 1.75. The van der Waals surface area contributed by atoms with Gasteiger partial charge in [-0.2, -0.15) is 0 Å². The summed E-state index contributed by atoms with van der Waals surface area (Å²) in [6, 6.07) is 3.74. The van der Waals surface area contributed by atoms with E-state index in [4.69, 9.17) is 14.2 Å². The van der Waals surface area contributed by atoms with Gasteiger partial charge >= 0.3 is 0 Å². The number of carbonyl (C=O) groups excluding carboxylic acids is 1. The third kappa shape index (κ3) is 8.16. The zero-order chi connectivity index (χ0) is 21.8. The molecule has 0 saturated heterocycles. The smallest absolute Gasteiger partial charge is 0.293 e. The van der Waals surface area contributed by atoms with E-state index in [0.717, 1.165) is 22.4 Å². The summed E-state index contributed by atoms with van der Waals surface area (Å²) in [6.07, 6.45) is 7.69. The van der Waals surface area contributed by atoms with Crippen LogP contribution in [0.2, 0.25) is 0 Å². The lowest BCUT2D eigenvalue weighted by molar-refractivity contribution is -0.129. The molecule has 29 heavy (non-hydrogen) atoms. The zero-order valence-corrected chi connectivity index (χ0v) is 18.2. The molecule has 0 aliphatic heterocycles. The molecular weight excluding hydrogens is 368 g/mol. The van der Waals surface area contributed by atoms with Gasteiger partial charge in [-0.1, -0.05) is 37.6 Å². The van der Waals surface area contributed by atoms with E-state index in [0.29, 0.717) is 31.2 Å². The SMILES string of the molecule is C=CC(/C=C(C)\C=C/COc1ccc(C(O)CC(C)C)c(OC)c1C)COC=O. The molecule has 1 rings (SSSR count). The lowest BCUT2D eigenvalue weighted by Gasteiger charge is -2.20. The summed E-state index contributed by atoms with van der Waals surface area (Å²) in [7, 11) is 1.61. The monoisotopic (exact) mass is 402 g/mol. The molecule has 0 amide bonds. The first-order chi connectivity index (χ1) is 13.8. The Morgan fingerprint density at radius 3 is 2.62 bits per heavy atom. The second-order valence-corrected chi connectivity index (χ2v) is 7.41. The summed E-state index contributed by atoms with van der Waals surface area (Å²) in [5, 5.41) is 10.5. The van der Waals surface area contributed by atoms with Gasteiger partial charge in [-0.3, -0.25) is 4.79 Å². The molecule has 0 fully saturated rings. The molecule has 2 unspecified atom stereocenters. The largest absolute Gasteiger partial charge is 0.496 e. The second kappa shape index (κ2) is 12.8. The molecule has 1 N–H and O–H groups in total. The fraction of sp³-hybridized carbons (Fsp3) is 0.458. The summed E-state index contributed by atoms with van der Waals surface area (Å²) in [5.41, 5.74) is 2.68. The Kier molecular flexibility index (Phi) is 10.8. The lowest BCUT2D eigenvalue weighted by atomic mass is 9.97. The van der Waals surface area contributed by atoms with Gasteiger partial charge in [0.05, 0.1) is 13.2 Å². The molecule has 0 saturated carbocycles. The third-order valence-corrected chi connectivity index (χ3v) is 4.50. The molecule has 0 radical (unpaired) electrons. The van der Waals surface area contributed by atoms with Crippen LogP contribution >= 0.6 is 0 Å². The van der Waals surface area contributed by atoms with Crippen molar-refractivity contribution in [2.75, 3.05) is 20.3 Å². The Labute approximate surface area is 174 Å². The van der Waals surface area contributed by atoms with Crippen molar-refractivity contribution in [3.63, 3.8) is 0 Å². The molecule has 5 nitrogen and oxygen atoms in total. The van der Waals surface area contributed by atoms with Crippen LogP contribution in [0.1, 0.15) is 44.4 Å². The number of benzene rings is 1. The molecule has 0 bridgehead atoms. The Hall–Kier alpha value is -2.53. The first-order valence-corrected chi connectivity index (χ1v) is 9.85. The maximum Gasteiger partial charge on any atom is 0.293 e. The molecule has 0 aliphatic carbocycles. The third-order valence-electron chi connectivity index (χ3n) is 4.50. The number of aliphatic hydroxyl groups excluding tert-OH is 1. The number of ether oxygens (including phenoxy) is 3. The standard InChI is InChI=1S/C24H34O5/c1-7-20(15-28-16-25)14-18(4)9-8-12-29-23-11-10-21(22(26)13-17(2)3)24(27-6)19(23)5/h7-11,14,16-17,20,22,26H,1,12-13,15H2,2-6H3/b9-8-,18-14-. The normalized spacial score (nSPS) is 14.0. The van der Waals surface area contributed by atoms with E-state index in [9.17, 15) is 9.90 Å². The fourth-order valence-corrected chi connectivity index (χ4v) is 3.06. The number of hydrogen-bond acceptors (Lipinski definition) is 5. The minimum absolute atomic E-state index is 0.0258. The molecule has 1 aromatic carbocycles. The zero-order valence-electron chi connectivity index (χ0n) is 18.2. The van der Waals surface area contributed by atoms with E-state index in [-0.39, 0.29) is 12.5 Å². The van der Waals surface area contributed by atoms with Crippen LogP contribution in [0.25, 0.3) is 0 Å². The summed E-state index contributed by atoms with van der Waals surface area (Å²) < 4.78 is 16.2. The van der Waals surface area contributed by atoms with Crippen molar-refractivity contribution in [2.24, 2.45) is 11.8 Å². The van der Waals surface area contributed by atoms with Crippen molar-refractivity contribution in [1.29, 1.82) is 0 Å². The average Bonchev–Trinajstić information content (AvgIpc) is 2.68. The van der Waals surface area contributed by atoms with E-state index in [1.165, 1.54) is 0 Å². The van der Waals surface area contributed by atoms with Gasteiger partial charge in [0, 0.05) is 17.0 Å². The van der Waals surface area contributed by atoms with Gasteiger partial charge in [0.25, 0.3) is 6.47 Å². The van der Waals surface area contributed by atoms with Crippen LogP contribution < -0.4 is 9.47 Å². The second-order valence-electron chi connectivity index (χ2n) is 7.41. The van der Waals surface area contributed by atoms with E-state index in [2.05, 4.69) is 20.4 Å². The van der Waals surface area contributed by atoms with Crippen molar-refractivity contribution in [1.82, 2.24) is 0 Å². The Bertz CT molecular complexity index is 718. The van der Waals surface area contributed by atoms with E-state index < -0.39 is 6.10 Å². The van der Waals surface area contributed by atoms with Gasteiger partial charge in [0.1, 0.15) is 24.7 Å². The highest BCUT2D eigenvalue weighted by Crippen LogP contribution is 2.36. The summed E-state index contributed by atoms with van der Waals surface area (Å²) in [6.45, 7) is 12.9. The van der Waals surface area contributed by atoms with Crippen molar-refractivity contribution < 1.29 is 24.1 Å². The Balaban J connectivity index is 2.78. The molecule has 160 valence electrons. The van der Waals surface area contributed by atoms with Gasteiger partial charge in [0.2, 0.25) is 0 Å². The van der Waals surface area contributed by atoms with Crippen LogP contribution in [0, 0.1) is 18.8 Å². The Morgan fingerprint density at radius 2 is 2.03 bits per heavy atom. The minimum atomic E-state index is -0.564. The van der Waals surface area contributed by atoms with Crippen LogP contribution in [0.15, 0.2) is 48.6 Å². The van der Waals surface area contributed by atoms with Gasteiger partial charge in [-0.25, -0.2) is 0 Å². The molecule has 0 heterocycles. The number of aliphatic hydroxyl groups is 1. The van der Waals surface area contributed by atoms with Crippen LogP contribution in [-0.4, -0.2) is 31.9 Å². The van der Waals surface area contributed by atoms with Gasteiger partial charge in [-0.15, -0.1) is 6.58 Å². The van der Waals surface area contributed by atoms with Crippen LogP contribution in [0.5, 0.6) is 11.5 Å². The molecule has 0 spiro atoms. The van der Waals surface area contributed by atoms with Gasteiger partial charge in [-0.05, 0) is 44.4 Å². The van der Waals surface area contributed by atoms with Crippen LogP contribution in [0.3, 0.4) is 0 Å². The van der Waals surface area contributed by atoms with E-state index in [1.54, 1.807) is 13.2 Å². The van der Waals surface area contributed by atoms with Gasteiger partial charge < -0.3 is 19.3 Å². The van der Waals surface area contributed by atoms with Crippen molar-refractivity contribution in [3.8, 4) is 11.5 Å². The van der Waals surface area contributed by atoms with Crippen LogP contribution in [0.4, 0.5) is 0 Å².